The van der Waals surface area contributed by atoms with Crippen LogP contribution >= 0.6 is 0 Å². The Bertz CT molecular complexity index is 1840. The molecule has 0 atom stereocenters. The van der Waals surface area contributed by atoms with Crippen LogP contribution in [-0.2, 0) is 6.42 Å². The van der Waals surface area contributed by atoms with E-state index in [0.29, 0.717) is 16.8 Å². The number of methoxy groups -OCH3 is 1. The predicted molar refractivity (Wildman–Crippen MR) is 142 cm³/mol. The average molecular weight is 546 g/mol. The molecule has 10 heteroatoms. The zero-order chi connectivity index (χ0) is 28.6. The number of aromatic nitrogens is 3. The number of Topliss-reactive ketones (excluding diaryl/α,β-unsaturated/α-hetero) is 1. The number of halogens is 3. The van der Waals surface area contributed by atoms with Crippen molar-refractivity contribution in [3.8, 4) is 22.9 Å². The van der Waals surface area contributed by atoms with Crippen LogP contribution in [0.1, 0.15) is 27.2 Å². The second kappa shape index (κ2) is 10.6. The topological polar surface area (TPSA) is 83.3 Å². The monoisotopic (exact) mass is 545 g/mol. The highest BCUT2D eigenvalue weighted by atomic mass is 19.1. The summed E-state index contributed by atoms with van der Waals surface area (Å²) in [5.41, 5.74) is 0.115. The summed E-state index contributed by atoms with van der Waals surface area (Å²) in [6, 6.07) is 12.1. The molecule has 40 heavy (non-hydrogen) atoms. The van der Waals surface area contributed by atoms with E-state index in [1.54, 1.807) is 12.1 Å². The van der Waals surface area contributed by atoms with Crippen LogP contribution in [-0.4, -0.2) is 27.4 Å². The molecule has 0 radical (unpaired) electrons. The molecule has 0 fully saturated rings. The molecule has 0 bridgehead atoms. The summed E-state index contributed by atoms with van der Waals surface area (Å²) in [5, 5.41) is 0. The second-order valence-corrected chi connectivity index (χ2v) is 9.04. The van der Waals surface area contributed by atoms with Gasteiger partial charge in [-0.25, -0.2) is 18.2 Å². The van der Waals surface area contributed by atoms with Crippen molar-refractivity contribution in [2.45, 2.75) is 20.3 Å². The Balaban J connectivity index is 1.44. The van der Waals surface area contributed by atoms with E-state index >= 15 is 8.78 Å². The number of fused-ring (bicyclic) bond motifs is 1. The molecule has 5 rings (SSSR count). The van der Waals surface area contributed by atoms with Gasteiger partial charge in [-0.3, -0.25) is 19.1 Å². The van der Waals surface area contributed by atoms with Crippen molar-refractivity contribution in [3.63, 3.8) is 0 Å². The molecule has 0 N–H and O–H groups in total. The molecule has 7 nitrogen and oxygen atoms in total. The summed E-state index contributed by atoms with van der Waals surface area (Å²) in [6.07, 6.45) is 2.62. The van der Waals surface area contributed by atoms with E-state index in [1.807, 2.05) is 0 Å². The molecule has 0 saturated heterocycles. The van der Waals surface area contributed by atoms with Crippen molar-refractivity contribution < 1.29 is 27.4 Å². The van der Waals surface area contributed by atoms with E-state index in [9.17, 15) is 14.0 Å². The van der Waals surface area contributed by atoms with Crippen molar-refractivity contribution in [2.24, 2.45) is 0 Å². The molecule has 5 aromatic rings. The van der Waals surface area contributed by atoms with Crippen molar-refractivity contribution in [3.05, 3.63) is 117 Å². The Morgan fingerprint density at radius 1 is 0.950 bits per heavy atom. The maximum Gasteiger partial charge on any atom is 0.266 e. The minimum absolute atomic E-state index is 0.0187. The second-order valence-electron chi connectivity index (χ2n) is 9.04. The SMILES string of the molecule is COc1cnc2c(Oc3ccc(CC(=O)c4c(C)c(F)c(C)n(-c5ccc(F)cc5)c4=O)cc3F)ccnc2c1. The van der Waals surface area contributed by atoms with Crippen LogP contribution in [0.2, 0.25) is 0 Å². The van der Waals surface area contributed by atoms with Gasteiger partial charge in [0.2, 0.25) is 0 Å². The zero-order valence-electron chi connectivity index (χ0n) is 21.7. The first-order valence-electron chi connectivity index (χ1n) is 12.1. The van der Waals surface area contributed by atoms with Gasteiger partial charge < -0.3 is 9.47 Å². The lowest BCUT2D eigenvalue weighted by Gasteiger charge is -2.16. The van der Waals surface area contributed by atoms with Gasteiger partial charge in [0, 0.05) is 36.0 Å². The van der Waals surface area contributed by atoms with Gasteiger partial charge >= 0.3 is 0 Å². The Morgan fingerprint density at radius 2 is 1.70 bits per heavy atom. The molecule has 0 saturated carbocycles. The lowest BCUT2D eigenvalue weighted by Crippen LogP contribution is -2.30. The van der Waals surface area contributed by atoms with Crippen LogP contribution < -0.4 is 15.0 Å². The highest BCUT2D eigenvalue weighted by molar-refractivity contribution is 5.98. The van der Waals surface area contributed by atoms with Gasteiger partial charge in [-0.1, -0.05) is 6.07 Å². The normalized spacial score (nSPS) is 11.1. The first-order valence-corrected chi connectivity index (χ1v) is 12.1. The number of ketones is 1. The smallest absolute Gasteiger partial charge is 0.266 e. The van der Waals surface area contributed by atoms with Crippen LogP contribution in [0.15, 0.2) is 71.8 Å². The van der Waals surface area contributed by atoms with E-state index in [1.165, 1.54) is 57.6 Å². The van der Waals surface area contributed by atoms with E-state index in [0.717, 1.165) is 22.8 Å². The minimum Gasteiger partial charge on any atom is -0.495 e. The number of nitrogens with zero attached hydrogens (tertiary/aromatic N) is 3. The van der Waals surface area contributed by atoms with Gasteiger partial charge in [-0.15, -0.1) is 0 Å². The Kier molecular flexibility index (Phi) is 7.08. The third kappa shape index (κ3) is 4.91. The van der Waals surface area contributed by atoms with Crippen molar-refractivity contribution >= 4 is 16.8 Å². The number of hydrogen-bond donors (Lipinski definition) is 0. The molecule has 0 unspecified atom stereocenters. The molecular weight excluding hydrogens is 523 g/mol. The van der Waals surface area contributed by atoms with Crippen LogP contribution in [0.25, 0.3) is 16.7 Å². The highest BCUT2D eigenvalue weighted by Crippen LogP contribution is 2.31. The number of pyridine rings is 3. The molecule has 3 aromatic heterocycles. The van der Waals surface area contributed by atoms with Gasteiger partial charge in [-0.2, -0.15) is 0 Å². The molecular formula is C30H22F3N3O4. The first-order chi connectivity index (χ1) is 19.2. The third-order valence-electron chi connectivity index (χ3n) is 6.47. The molecule has 0 aliphatic heterocycles. The van der Waals surface area contributed by atoms with Crippen LogP contribution in [0, 0.1) is 31.3 Å². The summed E-state index contributed by atoms with van der Waals surface area (Å²) in [6.45, 7) is 2.74. The Morgan fingerprint density at radius 3 is 2.40 bits per heavy atom. The van der Waals surface area contributed by atoms with E-state index in [2.05, 4.69) is 9.97 Å². The number of hydrogen-bond acceptors (Lipinski definition) is 6. The maximum atomic E-state index is 15.1. The fraction of sp³-hybridized carbons (Fsp3) is 0.133. The largest absolute Gasteiger partial charge is 0.495 e. The van der Waals surface area contributed by atoms with Crippen molar-refractivity contribution in [2.75, 3.05) is 7.11 Å². The third-order valence-corrected chi connectivity index (χ3v) is 6.47. The summed E-state index contributed by atoms with van der Waals surface area (Å²) in [5.74, 6) is -2.05. The zero-order valence-corrected chi connectivity index (χ0v) is 21.7. The minimum atomic E-state index is -0.751. The molecule has 0 aliphatic rings. The Hall–Kier alpha value is -4.99. The lowest BCUT2D eigenvalue weighted by atomic mass is 9.99. The summed E-state index contributed by atoms with van der Waals surface area (Å²) < 4.78 is 55.5. The molecule has 3 heterocycles. The van der Waals surface area contributed by atoms with Crippen molar-refractivity contribution in [1.82, 2.24) is 14.5 Å². The number of benzene rings is 2. The molecule has 0 spiro atoms. The highest BCUT2D eigenvalue weighted by Gasteiger charge is 2.23. The lowest BCUT2D eigenvalue weighted by molar-refractivity contribution is 0.0990. The van der Waals surface area contributed by atoms with E-state index in [-0.39, 0.29) is 46.0 Å². The van der Waals surface area contributed by atoms with Gasteiger partial charge in [-0.05, 0) is 55.8 Å². The van der Waals surface area contributed by atoms with Gasteiger partial charge in [0.1, 0.15) is 22.9 Å². The summed E-state index contributed by atoms with van der Waals surface area (Å²) in [4.78, 5) is 35.0. The number of rotatable bonds is 7. The van der Waals surface area contributed by atoms with E-state index in [4.69, 9.17) is 9.47 Å². The summed E-state index contributed by atoms with van der Waals surface area (Å²) in [7, 11) is 1.50. The van der Waals surface area contributed by atoms with Crippen LogP contribution in [0.3, 0.4) is 0 Å². The van der Waals surface area contributed by atoms with Gasteiger partial charge in [0.05, 0.1) is 30.1 Å². The van der Waals surface area contributed by atoms with Crippen LogP contribution in [0.5, 0.6) is 17.2 Å². The quantitative estimate of drug-likeness (QED) is 0.232. The van der Waals surface area contributed by atoms with Crippen molar-refractivity contribution in [1.29, 1.82) is 0 Å². The number of carbonyl (C=O) groups excluding carboxylic acids is 1. The van der Waals surface area contributed by atoms with Gasteiger partial charge in [0.15, 0.2) is 23.1 Å². The molecule has 2 aromatic carbocycles. The Labute approximate surface area is 226 Å². The van der Waals surface area contributed by atoms with Crippen LogP contribution in [0.4, 0.5) is 13.2 Å². The van der Waals surface area contributed by atoms with Gasteiger partial charge in [0.25, 0.3) is 5.56 Å². The standard InChI is InChI=1S/C30H22F3N3O4/c1-16-27(30(38)36(17(2)28(16)33)20-7-5-19(31)6-8-20)24(37)13-18-4-9-25(22(32)12-18)40-26-10-11-34-23-14-21(39-3)15-35-29(23)26/h4-12,14-15H,13H2,1-3H3. The number of ether oxygens (including phenoxy) is 2. The summed E-state index contributed by atoms with van der Waals surface area (Å²) >= 11 is 0. The number of carbonyl (C=O) groups is 1. The fourth-order valence-corrected chi connectivity index (χ4v) is 4.44. The molecule has 202 valence electrons. The maximum absolute atomic E-state index is 15.1. The fourth-order valence-electron chi connectivity index (χ4n) is 4.44. The predicted octanol–water partition coefficient (Wildman–Crippen LogP) is 6.04. The molecule has 0 amide bonds. The van der Waals surface area contributed by atoms with E-state index < -0.39 is 28.8 Å². The molecule has 0 aliphatic carbocycles. The first kappa shape index (κ1) is 26.6. The average Bonchev–Trinajstić information content (AvgIpc) is 2.94.